The largest absolute Gasteiger partial charge is 0.480 e. The molecule has 1 aliphatic heterocycles. The molecule has 2 rings (SSSR count). The van der Waals surface area contributed by atoms with Crippen molar-refractivity contribution in [2.24, 2.45) is 0 Å². The summed E-state index contributed by atoms with van der Waals surface area (Å²) in [5.41, 5.74) is 0.813. The van der Waals surface area contributed by atoms with Crippen molar-refractivity contribution in [1.29, 1.82) is 0 Å². The summed E-state index contributed by atoms with van der Waals surface area (Å²) in [5.74, 6) is -0.997. The average Bonchev–Trinajstić information content (AvgIpc) is 2.46. The van der Waals surface area contributed by atoms with Crippen LogP contribution in [-0.2, 0) is 11.2 Å². The molecule has 1 aromatic rings. The van der Waals surface area contributed by atoms with Gasteiger partial charge < -0.3 is 10.0 Å². The van der Waals surface area contributed by atoms with Crippen molar-refractivity contribution in [3.8, 4) is 0 Å². The quantitative estimate of drug-likeness (QED) is 0.931. The van der Waals surface area contributed by atoms with Crippen molar-refractivity contribution < 1.29 is 14.7 Å². The van der Waals surface area contributed by atoms with E-state index >= 15 is 0 Å². The van der Waals surface area contributed by atoms with Crippen LogP contribution >= 0.6 is 0 Å². The van der Waals surface area contributed by atoms with Gasteiger partial charge in [-0.25, -0.2) is 9.59 Å². The second-order valence-electron chi connectivity index (χ2n) is 5.77. The highest BCUT2D eigenvalue weighted by Gasteiger charge is 2.39. The van der Waals surface area contributed by atoms with E-state index in [-0.39, 0.29) is 6.03 Å². The predicted octanol–water partition coefficient (Wildman–Crippen LogP) is 2.74. The van der Waals surface area contributed by atoms with Crippen LogP contribution in [0.2, 0.25) is 0 Å². The van der Waals surface area contributed by atoms with Gasteiger partial charge in [-0.1, -0.05) is 18.2 Å². The number of rotatable bonds is 3. The maximum absolute atomic E-state index is 12.8. The number of carbonyl (C=O) groups excluding carboxylic acids is 1. The fraction of sp³-hybridized carbons (Fsp3) is 0.500. The Morgan fingerprint density at radius 3 is 2.62 bits per heavy atom. The van der Waals surface area contributed by atoms with Crippen LogP contribution in [-0.4, -0.2) is 40.6 Å². The lowest BCUT2D eigenvalue weighted by Gasteiger charge is -2.39. The molecular weight excluding hydrogens is 268 g/mol. The zero-order valence-electron chi connectivity index (χ0n) is 12.8. The van der Waals surface area contributed by atoms with E-state index in [1.54, 1.807) is 25.7 Å². The van der Waals surface area contributed by atoms with Crippen LogP contribution in [0.5, 0.6) is 0 Å². The van der Waals surface area contributed by atoms with Gasteiger partial charge in [0.15, 0.2) is 0 Å². The van der Waals surface area contributed by atoms with Gasteiger partial charge in [-0.05, 0) is 45.2 Å². The summed E-state index contributed by atoms with van der Waals surface area (Å²) in [6.45, 7) is 5.91. The summed E-state index contributed by atoms with van der Waals surface area (Å²) >= 11 is 0. The summed E-state index contributed by atoms with van der Waals surface area (Å²) in [6, 6.07) is 7.58. The number of carboxylic acid groups (broad SMARTS) is 1. The number of anilines is 1. The third-order valence-electron chi connectivity index (χ3n) is 4.09. The molecule has 5 nitrogen and oxygen atoms in total. The number of urea groups is 1. The fourth-order valence-corrected chi connectivity index (χ4v) is 2.76. The van der Waals surface area contributed by atoms with Crippen molar-refractivity contribution in [1.82, 2.24) is 4.90 Å². The highest BCUT2D eigenvalue weighted by molar-refractivity contribution is 5.96. The van der Waals surface area contributed by atoms with Gasteiger partial charge in [-0.2, -0.15) is 0 Å². The van der Waals surface area contributed by atoms with Crippen LogP contribution < -0.4 is 4.90 Å². The Bertz CT molecular complexity index is 554. The number of aliphatic carboxylic acids is 1. The van der Waals surface area contributed by atoms with Gasteiger partial charge in [-0.3, -0.25) is 4.90 Å². The fourth-order valence-electron chi connectivity index (χ4n) is 2.76. The zero-order chi connectivity index (χ0) is 15.6. The number of para-hydroxylation sites is 1. The molecule has 0 atom stereocenters. The maximum Gasteiger partial charge on any atom is 0.329 e. The molecule has 0 aliphatic carbocycles. The Hall–Kier alpha value is -2.04. The van der Waals surface area contributed by atoms with Crippen LogP contribution in [0.3, 0.4) is 0 Å². The molecule has 0 saturated heterocycles. The molecule has 0 radical (unpaired) electrons. The van der Waals surface area contributed by atoms with Crippen LogP contribution in [0.25, 0.3) is 0 Å². The normalized spacial score (nSPS) is 14.5. The predicted molar refractivity (Wildman–Crippen MR) is 81.6 cm³/mol. The van der Waals surface area contributed by atoms with Gasteiger partial charge >= 0.3 is 12.0 Å². The first kappa shape index (κ1) is 15.4. The van der Waals surface area contributed by atoms with Crippen LogP contribution in [0.1, 0.15) is 32.8 Å². The molecule has 114 valence electrons. The number of hydrogen-bond donors (Lipinski definition) is 1. The van der Waals surface area contributed by atoms with E-state index in [1.807, 2.05) is 24.3 Å². The van der Waals surface area contributed by atoms with Crippen LogP contribution in [0, 0.1) is 0 Å². The average molecular weight is 290 g/mol. The molecule has 0 bridgehead atoms. The first-order valence-electron chi connectivity index (χ1n) is 7.30. The van der Waals surface area contributed by atoms with Gasteiger partial charge in [0.1, 0.15) is 5.54 Å². The maximum atomic E-state index is 12.8. The molecule has 1 aliphatic rings. The van der Waals surface area contributed by atoms with E-state index in [1.165, 1.54) is 4.90 Å². The Labute approximate surface area is 125 Å². The molecule has 0 fully saturated rings. The summed E-state index contributed by atoms with van der Waals surface area (Å²) in [5, 5.41) is 9.37. The molecular formula is C16H22N2O3. The molecule has 1 heterocycles. The van der Waals surface area contributed by atoms with E-state index < -0.39 is 11.5 Å². The summed E-state index contributed by atoms with van der Waals surface area (Å²) in [7, 11) is 0. The van der Waals surface area contributed by atoms with E-state index in [2.05, 4.69) is 0 Å². The lowest BCUT2D eigenvalue weighted by molar-refractivity contribution is -0.147. The van der Waals surface area contributed by atoms with Gasteiger partial charge in [0.2, 0.25) is 0 Å². The van der Waals surface area contributed by atoms with E-state index in [0.717, 1.165) is 24.1 Å². The number of benzene rings is 1. The molecule has 1 N–H and O–H groups in total. The lowest BCUT2D eigenvalue weighted by Crippen LogP contribution is -2.57. The van der Waals surface area contributed by atoms with Gasteiger partial charge in [0.05, 0.1) is 0 Å². The van der Waals surface area contributed by atoms with Crippen molar-refractivity contribution in [2.45, 2.75) is 39.2 Å². The number of hydrogen-bond acceptors (Lipinski definition) is 2. The minimum Gasteiger partial charge on any atom is -0.480 e. The number of aryl methyl sites for hydroxylation is 1. The first-order chi connectivity index (χ1) is 9.89. The standard InChI is InChI=1S/C16H22N2O3/c1-4-18(16(2,3)14(19)20)15(21)17-11-7-9-12-8-5-6-10-13(12)17/h5-6,8,10H,4,7,9,11H2,1-3H3,(H,19,20). The van der Waals surface area contributed by atoms with Gasteiger partial charge in [0, 0.05) is 18.8 Å². The van der Waals surface area contributed by atoms with Crippen molar-refractivity contribution >= 4 is 17.7 Å². The molecule has 21 heavy (non-hydrogen) atoms. The Balaban J connectivity index is 2.34. The molecule has 0 spiro atoms. The van der Waals surface area contributed by atoms with Gasteiger partial charge in [-0.15, -0.1) is 0 Å². The second-order valence-corrected chi connectivity index (χ2v) is 5.77. The molecule has 1 aromatic carbocycles. The number of carbonyl (C=O) groups is 2. The highest BCUT2D eigenvalue weighted by Crippen LogP contribution is 2.29. The van der Waals surface area contributed by atoms with Crippen molar-refractivity contribution in [3.63, 3.8) is 0 Å². The second kappa shape index (κ2) is 5.76. The van der Waals surface area contributed by atoms with Crippen LogP contribution in [0.4, 0.5) is 10.5 Å². The summed E-state index contributed by atoms with van der Waals surface area (Å²) in [4.78, 5) is 27.4. The molecule has 0 unspecified atom stereocenters. The number of fused-ring (bicyclic) bond motifs is 1. The number of carboxylic acids is 1. The lowest BCUT2D eigenvalue weighted by atomic mass is 10.0. The Kier molecular flexibility index (Phi) is 4.21. The van der Waals surface area contributed by atoms with Gasteiger partial charge in [0.25, 0.3) is 0 Å². The molecule has 5 heteroatoms. The first-order valence-corrected chi connectivity index (χ1v) is 7.30. The minimum absolute atomic E-state index is 0.239. The van der Waals surface area contributed by atoms with Crippen molar-refractivity contribution in [3.05, 3.63) is 29.8 Å². The highest BCUT2D eigenvalue weighted by atomic mass is 16.4. The number of amides is 2. The number of nitrogens with zero attached hydrogens (tertiary/aromatic N) is 2. The summed E-state index contributed by atoms with van der Waals surface area (Å²) < 4.78 is 0. The van der Waals surface area contributed by atoms with E-state index in [9.17, 15) is 14.7 Å². The number of likely N-dealkylation sites (N-methyl/N-ethyl adjacent to an activating group) is 1. The van der Waals surface area contributed by atoms with Crippen LogP contribution in [0.15, 0.2) is 24.3 Å². The Morgan fingerprint density at radius 1 is 1.33 bits per heavy atom. The minimum atomic E-state index is -1.22. The third-order valence-corrected chi connectivity index (χ3v) is 4.09. The Morgan fingerprint density at radius 2 is 2.00 bits per heavy atom. The smallest absolute Gasteiger partial charge is 0.329 e. The third kappa shape index (κ3) is 2.73. The summed E-state index contributed by atoms with van der Waals surface area (Å²) in [6.07, 6.45) is 1.85. The molecule has 2 amide bonds. The topological polar surface area (TPSA) is 60.9 Å². The van der Waals surface area contributed by atoms with Crippen molar-refractivity contribution in [2.75, 3.05) is 18.0 Å². The zero-order valence-corrected chi connectivity index (χ0v) is 12.8. The van der Waals surface area contributed by atoms with E-state index in [4.69, 9.17) is 0 Å². The monoisotopic (exact) mass is 290 g/mol. The molecule has 0 aromatic heterocycles. The molecule has 0 saturated carbocycles. The van der Waals surface area contributed by atoms with E-state index in [0.29, 0.717) is 13.1 Å². The SMILES string of the molecule is CCN(C(=O)N1CCCc2ccccc21)C(C)(C)C(=O)O.